The monoisotopic (exact) mass is 511 g/mol. The van der Waals surface area contributed by atoms with E-state index in [4.69, 9.17) is 16.8 Å². The van der Waals surface area contributed by atoms with Gasteiger partial charge in [-0.05, 0) is 53.1 Å². The zero-order valence-corrected chi connectivity index (χ0v) is 19.9. The fourth-order valence-corrected chi connectivity index (χ4v) is 3.41. The summed E-state index contributed by atoms with van der Waals surface area (Å²) in [6, 6.07) is 17.9. The normalized spacial score (nSPS) is 12.7. The number of carboxylic acids is 2. The third kappa shape index (κ3) is 6.78. The lowest BCUT2D eigenvalue weighted by molar-refractivity contribution is 0.0686. The van der Waals surface area contributed by atoms with Crippen molar-refractivity contribution >= 4 is 29.3 Å². The SMILES string of the molecule is [C-]#[N+]/C(C#N)=C(/C(C#N)=C/C=C/C(C#N)=C(\c1ccc(C(=O)O)cc1)C(C#N)C=[N-])c1ccc(C(=O)O)cc1. The lowest BCUT2D eigenvalue weighted by Crippen LogP contribution is -2.05. The molecule has 2 aromatic carbocycles. The van der Waals surface area contributed by atoms with Crippen LogP contribution in [0.2, 0.25) is 0 Å². The van der Waals surface area contributed by atoms with E-state index in [9.17, 15) is 36.0 Å². The van der Waals surface area contributed by atoms with E-state index in [2.05, 4.69) is 4.85 Å². The molecule has 0 spiro atoms. The molecule has 10 nitrogen and oxygen atoms in total. The number of allylic oxidation sites excluding steroid dienone is 8. The first kappa shape index (κ1) is 28.7. The Labute approximate surface area is 223 Å². The summed E-state index contributed by atoms with van der Waals surface area (Å²) >= 11 is 0. The number of nitriles is 4. The van der Waals surface area contributed by atoms with Gasteiger partial charge >= 0.3 is 11.9 Å². The molecule has 0 fully saturated rings. The highest BCUT2D eigenvalue weighted by Gasteiger charge is 2.17. The van der Waals surface area contributed by atoms with Crippen molar-refractivity contribution < 1.29 is 19.8 Å². The first-order chi connectivity index (χ1) is 18.8. The molecule has 2 rings (SSSR count). The third-order valence-electron chi connectivity index (χ3n) is 5.24. The van der Waals surface area contributed by atoms with Gasteiger partial charge in [0.15, 0.2) is 0 Å². The second-order valence-corrected chi connectivity index (χ2v) is 7.46. The van der Waals surface area contributed by atoms with Crippen molar-refractivity contribution in [2.45, 2.75) is 0 Å². The van der Waals surface area contributed by atoms with Gasteiger partial charge in [0.2, 0.25) is 0 Å². The van der Waals surface area contributed by atoms with Crippen LogP contribution in [-0.2, 0) is 0 Å². The van der Waals surface area contributed by atoms with Crippen molar-refractivity contribution in [3.05, 3.63) is 123 Å². The maximum absolute atomic E-state index is 11.2. The van der Waals surface area contributed by atoms with Crippen LogP contribution in [0.3, 0.4) is 0 Å². The Morgan fingerprint density at radius 3 is 1.74 bits per heavy atom. The topological polar surface area (TPSA) is 196 Å². The van der Waals surface area contributed by atoms with Gasteiger partial charge < -0.3 is 15.6 Å². The number of hydrogen-bond acceptors (Lipinski definition) is 6. The minimum absolute atomic E-state index is 0.0287. The highest BCUT2D eigenvalue weighted by atomic mass is 16.4. The summed E-state index contributed by atoms with van der Waals surface area (Å²) in [5.74, 6) is -3.61. The van der Waals surface area contributed by atoms with Gasteiger partial charge in [-0.15, -0.1) is 0 Å². The number of aromatic carboxylic acids is 2. The molecule has 1 atom stereocenters. The summed E-state index contributed by atoms with van der Waals surface area (Å²) in [6.07, 6.45) is 4.34. The highest BCUT2D eigenvalue weighted by Crippen LogP contribution is 2.29. The van der Waals surface area contributed by atoms with Gasteiger partial charge in [0.05, 0.1) is 59.0 Å². The Balaban J connectivity index is 2.70. The molecule has 0 bridgehead atoms. The van der Waals surface area contributed by atoms with E-state index in [0.29, 0.717) is 11.8 Å². The molecule has 0 saturated carbocycles. The summed E-state index contributed by atoms with van der Waals surface area (Å²) in [6.45, 7) is 7.33. The standard InChI is InChI=1S/C29H15N6O4/c1-35-25(17-34)27(19-7-11-21(12-8-19)29(38)39)23(14-31)4-2-3-22(13-30)26(24(15-32)16-33)18-5-9-20(10-6-18)28(36)37/h2-12,15,24H,(H,36,37)(H,38,39)/q-1/b3-2+,23-4+,26-22-,27-25+. The van der Waals surface area contributed by atoms with Crippen LogP contribution in [0.25, 0.3) is 21.4 Å². The van der Waals surface area contributed by atoms with Gasteiger partial charge in [-0.2, -0.15) is 22.0 Å². The quantitative estimate of drug-likeness (QED) is 0.203. The molecule has 1 unspecified atom stereocenters. The van der Waals surface area contributed by atoms with E-state index in [0.717, 1.165) is 0 Å². The minimum Gasteiger partial charge on any atom is -0.813 e. The Hall–Kier alpha value is -6.54. The van der Waals surface area contributed by atoms with Crippen molar-refractivity contribution in [1.82, 2.24) is 0 Å². The van der Waals surface area contributed by atoms with E-state index in [1.807, 2.05) is 18.2 Å². The second kappa shape index (κ2) is 13.5. The summed E-state index contributed by atoms with van der Waals surface area (Å²) in [5.41, 5.74) is -0.175. The molecule has 186 valence electrons. The van der Waals surface area contributed by atoms with Crippen molar-refractivity contribution in [1.29, 1.82) is 21.0 Å². The van der Waals surface area contributed by atoms with Crippen molar-refractivity contribution in [2.24, 2.45) is 5.92 Å². The van der Waals surface area contributed by atoms with Crippen LogP contribution in [-0.4, -0.2) is 28.4 Å². The molecule has 0 aliphatic rings. The van der Waals surface area contributed by atoms with Gasteiger partial charge in [0.25, 0.3) is 5.70 Å². The van der Waals surface area contributed by atoms with Gasteiger partial charge in [0.1, 0.15) is 0 Å². The Morgan fingerprint density at radius 1 is 0.846 bits per heavy atom. The van der Waals surface area contributed by atoms with Crippen molar-refractivity contribution in [3.63, 3.8) is 0 Å². The molecule has 39 heavy (non-hydrogen) atoms. The number of carbonyl (C=O) groups is 2. The summed E-state index contributed by atoms with van der Waals surface area (Å²) in [7, 11) is 0. The third-order valence-corrected chi connectivity index (χ3v) is 5.24. The first-order valence-electron chi connectivity index (χ1n) is 10.8. The zero-order chi connectivity index (χ0) is 28.9. The van der Waals surface area contributed by atoms with Crippen LogP contribution in [0.5, 0.6) is 0 Å². The predicted molar refractivity (Wildman–Crippen MR) is 140 cm³/mol. The summed E-state index contributed by atoms with van der Waals surface area (Å²) < 4.78 is 0. The Kier molecular flexibility index (Phi) is 9.95. The fourth-order valence-electron chi connectivity index (χ4n) is 3.41. The highest BCUT2D eigenvalue weighted by molar-refractivity contribution is 5.93. The van der Waals surface area contributed by atoms with E-state index >= 15 is 0 Å². The molecular formula is C29H15N6O4-. The van der Waals surface area contributed by atoms with Gasteiger partial charge in [-0.1, -0.05) is 30.3 Å². The van der Waals surface area contributed by atoms with Crippen LogP contribution in [0.1, 0.15) is 31.8 Å². The molecule has 10 heteroatoms. The average Bonchev–Trinajstić information content (AvgIpc) is 2.95. The molecular weight excluding hydrogens is 496 g/mol. The van der Waals surface area contributed by atoms with E-state index in [-0.39, 0.29) is 39.0 Å². The van der Waals surface area contributed by atoms with E-state index < -0.39 is 23.6 Å². The number of hydrogen-bond donors (Lipinski definition) is 2. The zero-order valence-electron chi connectivity index (χ0n) is 19.9. The molecule has 0 aliphatic heterocycles. The van der Waals surface area contributed by atoms with Crippen LogP contribution < -0.4 is 0 Å². The van der Waals surface area contributed by atoms with Crippen LogP contribution in [0.4, 0.5) is 0 Å². The summed E-state index contributed by atoms with van der Waals surface area (Å²) in [4.78, 5) is 25.5. The summed E-state index contributed by atoms with van der Waals surface area (Å²) in [5, 5.41) is 66.4. The number of nitrogens with zero attached hydrogens (tertiary/aromatic N) is 6. The fraction of sp³-hybridized carbons (Fsp3) is 0.0345. The molecule has 2 aromatic rings. The van der Waals surface area contributed by atoms with Crippen molar-refractivity contribution in [3.8, 4) is 24.3 Å². The van der Waals surface area contributed by atoms with Crippen LogP contribution >= 0.6 is 0 Å². The number of carboxylic acid groups (broad SMARTS) is 2. The second-order valence-electron chi connectivity index (χ2n) is 7.46. The Bertz CT molecular complexity index is 1640. The maximum Gasteiger partial charge on any atom is 0.335 e. The molecule has 0 radical (unpaired) electrons. The lowest BCUT2D eigenvalue weighted by Gasteiger charge is -2.14. The largest absolute Gasteiger partial charge is 0.813 e. The van der Waals surface area contributed by atoms with Gasteiger partial charge in [-0.3, -0.25) is 0 Å². The molecule has 0 heterocycles. The smallest absolute Gasteiger partial charge is 0.335 e. The molecule has 0 amide bonds. The average molecular weight is 511 g/mol. The predicted octanol–water partition coefficient (Wildman–Crippen LogP) is 5.00. The number of rotatable bonds is 9. The molecule has 2 N–H and O–H groups in total. The van der Waals surface area contributed by atoms with E-state index in [1.165, 1.54) is 66.8 Å². The first-order valence-corrected chi connectivity index (χ1v) is 10.8. The number of benzene rings is 2. The minimum atomic E-state index is -1.25. The van der Waals surface area contributed by atoms with Gasteiger partial charge in [-0.25, -0.2) is 19.7 Å². The molecule has 0 saturated heterocycles. The van der Waals surface area contributed by atoms with Crippen molar-refractivity contribution in [2.75, 3.05) is 0 Å². The van der Waals surface area contributed by atoms with Gasteiger partial charge in [0, 0.05) is 5.57 Å². The Morgan fingerprint density at radius 2 is 1.36 bits per heavy atom. The molecule has 0 aromatic heterocycles. The maximum atomic E-state index is 11.2. The van der Waals surface area contributed by atoms with E-state index in [1.54, 1.807) is 6.07 Å². The lowest BCUT2D eigenvalue weighted by atomic mass is 9.89. The van der Waals surface area contributed by atoms with Crippen LogP contribution in [0.15, 0.2) is 83.6 Å². The van der Waals surface area contributed by atoms with Crippen LogP contribution in [0, 0.1) is 57.8 Å². The molecule has 0 aliphatic carbocycles.